The van der Waals surface area contributed by atoms with Crippen molar-refractivity contribution in [1.29, 1.82) is 0 Å². The number of nitrogens with one attached hydrogen (secondary N) is 1. The molecule has 0 aliphatic rings. The van der Waals surface area contributed by atoms with Gasteiger partial charge in [-0.1, -0.05) is 97.7 Å². The molecular weight excluding hydrogens is 501 g/mol. The minimum atomic E-state index is -0.625. The summed E-state index contributed by atoms with van der Waals surface area (Å²) in [4.78, 5) is 33.2. The van der Waals surface area contributed by atoms with Crippen LogP contribution in [0.5, 0.6) is 0 Å². The summed E-state index contributed by atoms with van der Waals surface area (Å²) >= 11 is 12.0. The minimum Gasteiger partial charge on any atom is -0.461 e. The van der Waals surface area contributed by atoms with E-state index in [1.807, 2.05) is 74.5 Å². The summed E-state index contributed by atoms with van der Waals surface area (Å²) < 4.78 is 5.02. The lowest BCUT2D eigenvalue weighted by Gasteiger charge is -2.07. The van der Waals surface area contributed by atoms with Gasteiger partial charge in [-0.2, -0.15) is 0 Å². The van der Waals surface area contributed by atoms with Crippen LogP contribution in [-0.2, 0) is 20.9 Å². The van der Waals surface area contributed by atoms with Crippen LogP contribution in [0.1, 0.15) is 36.2 Å². The number of hydrogen-bond acceptors (Lipinski definition) is 5. The maximum Gasteiger partial charge on any atom is 0.307 e. The number of benzene rings is 3. The van der Waals surface area contributed by atoms with E-state index in [4.69, 9.17) is 39.4 Å². The molecule has 36 heavy (non-hydrogen) atoms. The molecule has 0 radical (unpaired) electrons. The Morgan fingerprint density at radius 1 is 0.861 bits per heavy atom. The largest absolute Gasteiger partial charge is 0.461 e. The number of halogens is 2. The van der Waals surface area contributed by atoms with Crippen molar-refractivity contribution in [2.45, 2.75) is 26.9 Å². The summed E-state index contributed by atoms with van der Waals surface area (Å²) in [5.41, 5.74) is 13.2. The SMILES string of the molecule is CC.NC(=O)c1c(Cl)cc(-c2ccccc2)cc1Cl.NCC(=O)NCCC(=O)OCc1ccccc1. The van der Waals surface area contributed by atoms with E-state index in [2.05, 4.69) is 5.32 Å². The summed E-state index contributed by atoms with van der Waals surface area (Å²) in [6.45, 7) is 4.44. The van der Waals surface area contributed by atoms with Gasteiger partial charge in [0.2, 0.25) is 5.91 Å². The first kappa shape index (κ1) is 30.6. The lowest BCUT2D eigenvalue weighted by atomic mass is 10.0. The second kappa shape index (κ2) is 17.1. The molecule has 9 heteroatoms. The monoisotopic (exact) mass is 531 g/mol. The van der Waals surface area contributed by atoms with Gasteiger partial charge in [-0.05, 0) is 28.8 Å². The fraction of sp³-hybridized carbons (Fsp3) is 0.222. The molecule has 3 rings (SSSR count). The topological polar surface area (TPSA) is 125 Å². The molecule has 0 saturated carbocycles. The molecule has 0 spiro atoms. The molecule has 3 aromatic carbocycles. The van der Waals surface area contributed by atoms with Crippen LogP contribution >= 0.6 is 23.2 Å². The van der Waals surface area contributed by atoms with E-state index >= 15 is 0 Å². The Labute approximate surface area is 221 Å². The van der Waals surface area contributed by atoms with Gasteiger partial charge in [0.15, 0.2) is 0 Å². The molecule has 0 aliphatic heterocycles. The number of carbonyl (C=O) groups excluding carboxylic acids is 3. The summed E-state index contributed by atoms with van der Waals surface area (Å²) in [6.07, 6.45) is 0.151. The predicted molar refractivity (Wildman–Crippen MR) is 145 cm³/mol. The first-order chi connectivity index (χ1) is 17.3. The van der Waals surface area contributed by atoms with Gasteiger partial charge in [0, 0.05) is 6.54 Å². The lowest BCUT2D eigenvalue weighted by molar-refractivity contribution is -0.144. The molecule has 0 aromatic heterocycles. The molecule has 0 unspecified atom stereocenters. The summed E-state index contributed by atoms with van der Waals surface area (Å²) in [7, 11) is 0. The molecule has 0 aliphatic carbocycles. The van der Waals surface area contributed by atoms with Crippen molar-refractivity contribution in [1.82, 2.24) is 5.32 Å². The number of hydrogen-bond donors (Lipinski definition) is 3. The molecule has 0 bridgehead atoms. The summed E-state index contributed by atoms with van der Waals surface area (Å²) in [6, 6.07) is 22.4. The van der Waals surface area contributed by atoms with Crippen LogP contribution in [0.15, 0.2) is 72.8 Å². The Balaban J connectivity index is 0.000000337. The van der Waals surface area contributed by atoms with Crippen molar-refractivity contribution < 1.29 is 19.1 Å². The first-order valence-corrected chi connectivity index (χ1v) is 12.1. The van der Waals surface area contributed by atoms with Crippen molar-refractivity contribution >= 4 is 41.0 Å². The Morgan fingerprint density at radius 3 is 1.89 bits per heavy atom. The Kier molecular flexibility index (Phi) is 14.6. The molecule has 0 atom stereocenters. The molecular formula is C27H31Cl2N3O4. The molecule has 5 N–H and O–H groups in total. The van der Waals surface area contributed by atoms with Gasteiger partial charge in [-0.15, -0.1) is 0 Å². The third-order valence-corrected chi connectivity index (χ3v) is 5.07. The van der Waals surface area contributed by atoms with Crippen LogP contribution in [0, 0.1) is 0 Å². The van der Waals surface area contributed by atoms with Gasteiger partial charge < -0.3 is 21.5 Å². The maximum absolute atomic E-state index is 11.3. The van der Waals surface area contributed by atoms with Crippen LogP contribution in [0.3, 0.4) is 0 Å². The van der Waals surface area contributed by atoms with E-state index in [0.29, 0.717) is 0 Å². The average molecular weight is 532 g/mol. The van der Waals surface area contributed by atoms with Crippen LogP contribution in [0.2, 0.25) is 10.0 Å². The van der Waals surface area contributed by atoms with Gasteiger partial charge in [0.1, 0.15) is 6.61 Å². The standard InChI is InChI=1S/C13H9Cl2NO.C12H16N2O3.C2H6/c14-10-6-9(8-4-2-1-3-5-8)7-11(15)12(10)13(16)17;13-8-11(15)14-7-6-12(16)17-9-10-4-2-1-3-5-10;1-2/h1-7H,(H2,16,17);1-5H,6-9,13H2,(H,14,15);1-2H3. The van der Waals surface area contributed by atoms with Crippen LogP contribution in [0.25, 0.3) is 11.1 Å². The maximum atomic E-state index is 11.3. The van der Waals surface area contributed by atoms with Crippen LogP contribution in [-0.4, -0.2) is 30.9 Å². The van der Waals surface area contributed by atoms with Gasteiger partial charge in [0.25, 0.3) is 5.91 Å². The molecule has 192 valence electrons. The number of amides is 2. The highest BCUT2D eigenvalue weighted by molar-refractivity contribution is 6.40. The molecule has 0 saturated heterocycles. The summed E-state index contributed by atoms with van der Waals surface area (Å²) in [5.74, 6) is -1.24. The van der Waals surface area contributed by atoms with E-state index in [0.717, 1.165) is 16.7 Å². The molecule has 2 amide bonds. The third-order valence-electron chi connectivity index (χ3n) is 4.47. The van der Waals surface area contributed by atoms with E-state index in [-0.39, 0.29) is 53.6 Å². The number of esters is 1. The van der Waals surface area contributed by atoms with Crippen molar-refractivity contribution in [2.24, 2.45) is 11.5 Å². The highest BCUT2D eigenvalue weighted by Gasteiger charge is 2.13. The van der Waals surface area contributed by atoms with Crippen molar-refractivity contribution in [2.75, 3.05) is 13.1 Å². The van der Waals surface area contributed by atoms with E-state index in [9.17, 15) is 14.4 Å². The van der Waals surface area contributed by atoms with Gasteiger partial charge in [-0.3, -0.25) is 14.4 Å². The molecule has 7 nitrogen and oxygen atoms in total. The lowest BCUT2D eigenvalue weighted by Crippen LogP contribution is -2.32. The average Bonchev–Trinajstić information content (AvgIpc) is 2.89. The molecule has 0 fully saturated rings. The number of primary amides is 1. The Hall–Kier alpha value is -3.39. The van der Waals surface area contributed by atoms with Crippen molar-refractivity contribution in [3.63, 3.8) is 0 Å². The summed E-state index contributed by atoms with van der Waals surface area (Å²) in [5, 5.41) is 3.03. The fourth-order valence-electron chi connectivity index (χ4n) is 2.79. The number of ether oxygens (including phenoxy) is 1. The van der Waals surface area contributed by atoms with E-state index in [1.54, 1.807) is 12.1 Å². The number of nitrogens with two attached hydrogens (primary N) is 2. The predicted octanol–water partition coefficient (Wildman–Crippen LogP) is 4.98. The van der Waals surface area contributed by atoms with Gasteiger partial charge in [0.05, 0.1) is 28.6 Å². The van der Waals surface area contributed by atoms with Gasteiger partial charge in [-0.25, -0.2) is 0 Å². The van der Waals surface area contributed by atoms with Crippen LogP contribution in [0.4, 0.5) is 0 Å². The van der Waals surface area contributed by atoms with E-state index in [1.165, 1.54) is 0 Å². The number of rotatable bonds is 8. The van der Waals surface area contributed by atoms with Crippen molar-refractivity contribution in [3.05, 3.63) is 94.0 Å². The zero-order chi connectivity index (χ0) is 26.9. The zero-order valence-electron chi connectivity index (χ0n) is 20.3. The Morgan fingerprint density at radius 2 is 1.39 bits per heavy atom. The van der Waals surface area contributed by atoms with Crippen LogP contribution < -0.4 is 16.8 Å². The number of carbonyl (C=O) groups is 3. The highest BCUT2D eigenvalue weighted by Crippen LogP contribution is 2.31. The Bertz CT molecular complexity index is 1090. The zero-order valence-corrected chi connectivity index (χ0v) is 21.8. The third kappa shape index (κ3) is 10.9. The van der Waals surface area contributed by atoms with Crippen molar-refractivity contribution in [3.8, 4) is 11.1 Å². The smallest absolute Gasteiger partial charge is 0.307 e. The second-order valence-electron chi connectivity index (χ2n) is 7.00. The quantitative estimate of drug-likeness (QED) is 0.353. The molecule has 3 aromatic rings. The minimum absolute atomic E-state index is 0.0704. The first-order valence-electron chi connectivity index (χ1n) is 11.3. The van der Waals surface area contributed by atoms with E-state index < -0.39 is 5.91 Å². The normalized spacial score (nSPS) is 9.58. The molecule has 0 heterocycles. The second-order valence-corrected chi connectivity index (χ2v) is 7.81. The highest BCUT2D eigenvalue weighted by atomic mass is 35.5. The fourth-order valence-corrected chi connectivity index (χ4v) is 3.47. The van der Waals surface area contributed by atoms with Gasteiger partial charge >= 0.3 is 5.97 Å².